The van der Waals surface area contributed by atoms with Gasteiger partial charge in [0.25, 0.3) is 5.56 Å². The summed E-state index contributed by atoms with van der Waals surface area (Å²) in [5.41, 5.74) is 0.0399. The Balaban J connectivity index is 2.71. The van der Waals surface area contributed by atoms with Crippen molar-refractivity contribution in [3.63, 3.8) is 0 Å². The number of aromatic nitrogens is 2. The molecule has 0 aromatic carbocycles. The summed E-state index contributed by atoms with van der Waals surface area (Å²) in [6.07, 6.45) is 11.3. The molecule has 0 spiro atoms. The Labute approximate surface area is 108 Å². The van der Waals surface area contributed by atoms with Crippen molar-refractivity contribution in [3.8, 4) is 0 Å². The van der Waals surface area contributed by atoms with Crippen LogP contribution < -0.4 is 11.2 Å². The molecule has 1 heterocycles. The first-order valence-electron chi connectivity index (χ1n) is 6.51. The van der Waals surface area contributed by atoms with Crippen LogP contribution >= 0.6 is 0 Å². The van der Waals surface area contributed by atoms with Gasteiger partial charge < -0.3 is 4.57 Å². The van der Waals surface area contributed by atoms with E-state index in [4.69, 9.17) is 0 Å². The largest absolute Gasteiger partial charge is 0.330 e. The number of hydrogen-bond donors (Lipinski definition) is 0. The number of unbranched alkanes of at least 4 members (excludes halogenated alkanes) is 4. The van der Waals surface area contributed by atoms with Crippen LogP contribution in [0.5, 0.6) is 0 Å². The highest BCUT2D eigenvalue weighted by Crippen LogP contribution is 2.04. The van der Waals surface area contributed by atoms with Gasteiger partial charge >= 0.3 is 5.69 Å². The summed E-state index contributed by atoms with van der Waals surface area (Å²) < 4.78 is 2.56. The van der Waals surface area contributed by atoms with Crippen LogP contribution in [0.2, 0.25) is 0 Å². The van der Waals surface area contributed by atoms with Gasteiger partial charge in [0, 0.05) is 20.3 Å². The van der Waals surface area contributed by atoms with E-state index in [0.717, 1.165) is 17.4 Å². The van der Waals surface area contributed by atoms with Gasteiger partial charge in [-0.2, -0.15) is 0 Å². The van der Waals surface area contributed by atoms with Gasteiger partial charge in [-0.25, -0.2) is 4.79 Å². The van der Waals surface area contributed by atoms with Gasteiger partial charge in [-0.1, -0.05) is 38.3 Å². The first kappa shape index (κ1) is 14.5. The summed E-state index contributed by atoms with van der Waals surface area (Å²) in [7, 11) is 3.16. The zero-order valence-corrected chi connectivity index (χ0v) is 11.5. The summed E-state index contributed by atoms with van der Waals surface area (Å²) in [6.45, 7) is 2.18. The molecule has 4 heteroatoms. The third kappa shape index (κ3) is 3.72. The molecule has 1 rings (SSSR count). The van der Waals surface area contributed by atoms with Crippen molar-refractivity contribution < 1.29 is 0 Å². The Morgan fingerprint density at radius 2 is 1.89 bits per heavy atom. The van der Waals surface area contributed by atoms with Gasteiger partial charge in [0.1, 0.15) is 0 Å². The minimum Gasteiger partial charge on any atom is -0.303 e. The molecular formula is C14H22N2O2. The Bertz CT molecular complexity index is 524. The molecule has 0 radical (unpaired) electrons. The average Bonchev–Trinajstić information content (AvgIpc) is 2.37. The number of nitrogens with zero attached hydrogens (tertiary/aromatic N) is 2. The van der Waals surface area contributed by atoms with Crippen molar-refractivity contribution >= 4 is 6.08 Å². The first-order chi connectivity index (χ1) is 8.57. The van der Waals surface area contributed by atoms with Crippen molar-refractivity contribution in [2.24, 2.45) is 14.1 Å². The van der Waals surface area contributed by atoms with E-state index in [1.807, 2.05) is 12.2 Å². The molecular weight excluding hydrogens is 228 g/mol. The van der Waals surface area contributed by atoms with E-state index in [1.54, 1.807) is 13.2 Å². The Morgan fingerprint density at radius 3 is 2.56 bits per heavy atom. The molecule has 1 aromatic rings. The van der Waals surface area contributed by atoms with Crippen LogP contribution in [-0.4, -0.2) is 9.13 Å². The van der Waals surface area contributed by atoms with Gasteiger partial charge in [-0.15, -0.1) is 0 Å². The topological polar surface area (TPSA) is 44.0 Å². The smallest absolute Gasteiger partial charge is 0.303 e. The van der Waals surface area contributed by atoms with E-state index >= 15 is 0 Å². The fourth-order valence-corrected chi connectivity index (χ4v) is 1.85. The molecule has 0 atom stereocenters. The van der Waals surface area contributed by atoms with E-state index in [9.17, 15) is 9.59 Å². The van der Waals surface area contributed by atoms with Gasteiger partial charge in [0.2, 0.25) is 0 Å². The Kier molecular flexibility index (Phi) is 5.62. The zero-order chi connectivity index (χ0) is 13.5. The van der Waals surface area contributed by atoms with Crippen LogP contribution in [-0.2, 0) is 14.1 Å². The van der Waals surface area contributed by atoms with Crippen LogP contribution in [0.4, 0.5) is 0 Å². The molecule has 4 nitrogen and oxygen atoms in total. The summed E-state index contributed by atoms with van der Waals surface area (Å²) in [4.78, 5) is 23.3. The lowest BCUT2D eigenvalue weighted by Gasteiger charge is -2.03. The van der Waals surface area contributed by atoms with Crippen LogP contribution in [0.25, 0.3) is 6.08 Å². The summed E-state index contributed by atoms with van der Waals surface area (Å²) in [5, 5.41) is 0. The average molecular weight is 250 g/mol. The number of rotatable bonds is 6. The molecule has 0 saturated heterocycles. The lowest BCUT2D eigenvalue weighted by Crippen LogP contribution is -2.37. The maximum absolute atomic E-state index is 11.8. The third-order valence-electron chi connectivity index (χ3n) is 2.99. The summed E-state index contributed by atoms with van der Waals surface area (Å²) in [6, 6.07) is 0. The van der Waals surface area contributed by atoms with E-state index in [0.29, 0.717) is 5.56 Å². The highest BCUT2D eigenvalue weighted by molar-refractivity contribution is 5.46. The van der Waals surface area contributed by atoms with E-state index in [1.165, 1.54) is 30.9 Å². The zero-order valence-electron chi connectivity index (χ0n) is 11.5. The highest BCUT2D eigenvalue weighted by Gasteiger charge is 2.02. The second-order valence-electron chi connectivity index (χ2n) is 4.59. The minimum atomic E-state index is -0.292. The van der Waals surface area contributed by atoms with Gasteiger partial charge in [0.05, 0.1) is 5.56 Å². The Morgan fingerprint density at radius 1 is 1.17 bits per heavy atom. The van der Waals surface area contributed by atoms with E-state index < -0.39 is 0 Å². The fraction of sp³-hybridized carbons (Fsp3) is 0.571. The summed E-state index contributed by atoms with van der Waals surface area (Å²) in [5.74, 6) is 0. The lowest BCUT2D eigenvalue weighted by atomic mass is 10.1. The number of allylic oxidation sites excluding steroid dienone is 1. The van der Waals surface area contributed by atoms with E-state index in [2.05, 4.69) is 6.92 Å². The standard InChI is InChI=1S/C14H22N2O2/c1-4-5-6-7-8-9-10-12-11-15(2)14(18)16(3)13(12)17/h9-11H,4-8H2,1-3H3/b10-9+. The second kappa shape index (κ2) is 6.99. The predicted octanol–water partition coefficient (Wildman–Crippen LogP) is 2.07. The monoisotopic (exact) mass is 250 g/mol. The molecule has 0 aliphatic heterocycles. The molecule has 0 bridgehead atoms. The van der Waals surface area contributed by atoms with Crippen molar-refractivity contribution in [1.82, 2.24) is 9.13 Å². The van der Waals surface area contributed by atoms with Crippen molar-refractivity contribution in [1.29, 1.82) is 0 Å². The molecule has 0 aliphatic carbocycles. The predicted molar refractivity (Wildman–Crippen MR) is 74.7 cm³/mol. The van der Waals surface area contributed by atoms with Gasteiger partial charge in [-0.3, -0.25) is 9.36 Å². The molecule has 1 aromatic heterocycles. The molecule has 0 N–H and O–H groups in total. The van der Waals surface area contributed by atoms with Gasteiger partial charge in [0.15, 0.2) is 0 Å². The SMILES string of the molecule is CCCCCC/C=C/c1cn(C)c(=O)n(C)c1=O. The van der Waals surface area contributed by atoms with Crippen LogP contribution in [0.3, 0.4) is 0 Å². The fourth-order valence-electron chi connectivity index (χ4n) is 1.85. The summed E-state index contributed by atoms with van der Waals surface area (Å²) >= 11 is 0. The van der Waals surface area contributed by atoms with Crippen LogP contribution in [0.15, 0.2) is 21.9 Å². The van der Waals surface area contributed by atoms with E-state index in [-0.39, 0.29) is 11.2 Å². The molecule has 0 aliphatic rings. The van der Waals surface area contributed by atoms with Crippen molar-refractivity contribution in [2.45, 2.75) is 39.0 Å². The number of aryl methyl sites for hydroxylation is 1. The highest BCUT2D eigenvalue weighted by atomic mass is 16.2. The molecule has 0 amide bonds. The first-order valence-corrected chi connectivity index (χ1v) is 6.51. The molecule has 0 saturated carbocycles. The lowest BCUT2D eigenvalue weighted by molar-refractivity contribution is 0.674. The molecule has 18 heavy (non-hydrogen) atoms. The molecule has 100 valence electrons. The maximum atomic E-state index is 11.8. The van der Waals surface area contributed by atoms with Gasteiger partial charge in [-0.05, 0) is 12.8 Å². The molecule has 0 unspecified atom stereocenters. The Hall–Kier alpha value is -1.58. The third-order valence-corrected chi connectivity index (χ3v) is 2.99. The maximum Gasteiger partial charge on any atom is 0.330 e. The quantitative estimate of drug-likeness (QED) is 0.725. The second-order valence-corrected chi connectivity index (χ2v) is 4.59. The van der Waals surface area contributed by atoms with Crippen molar-refractivity contribution in [3.05, 3.63) is 38.7 Å². The van der Waals surface area contributed by atoms with Crippen molar-refractivity contribution in [2.75, 3.05) is 0 Å². The van der Waals surface area contributed by atoms with Crippen LogP contribution in [0, 0.1) is 0 Å². The van der Waals surface area contributed by atoms with Crippen LogP contribution in [0.1, 0.15) is 44.6 Å². The normalized spacial score (nSPS) is 11.3. The molecule has 0 fully saturated rings. The number of hydrogen-bond acceptors (Lipinski definition) is 2. The minimum absolute atomic E-state index is 0.233.